The minimum Gasteiger partial charge on any atom is -0.394 e. The lowest BCUT2D eigenvalue weighted by Crippen LogP contribution is -2.51. The summed E-state index contributed by atoms with van der Waals surface area (Å²) in [6.45, 7) is 5.01. The summed E-state index contributed by atoms with van der Waals surface area (Å²) in [5, 5.41) is 8.94. The van der Waals surface area contributed by atoms with E-state index in [-0.39, 0.29) is 24.7 Å². The highest BCUT2D eigenvalue weighted by Crippen LogP contribution is 2.13. The first kappa shape index (κ1) is 11.5. The normalized spacial score (nSPS) is 27.8. The van der Waals surface area contributed by atoms with Gasteiger partial charge >= 0.3 is 0 Å². The van der Waals surface area contributed by atoms with Crippen molar-refractivity contribution in [2.24, 2.45) is 0 Å². The third-order valence-corrected chi connectivity index (χ3v) is 2.49. The number of nitrogens with zero attached hydrogens (tertiary/aromatic N) is 1. The summed E-state index contributed by atoms with van der Waals surface area (Å²) in [7, 11) is 0. The van der Waals surface area contributed by atoms with E-state index in [1.54, 1.807) is 0 Å². The number of carbonyl (C=O) groups is 1. The molecule has 0 radical (unpaired) electrons. The second-order valence-electron chi connectivity index (χ2n) is 3.78. The van der Waals surface area contributed by atoms with Crippen molar-refractivity contribution < 1.29 is 14.6 Å². The number of morpholine rings is 1. The largest absolute Gasteiger partial charge is 0.394 e. The zero-order chi connectivity index (χ0) is 10.6. The molecule has 2 unspecified atom stereocenters. The van der Waals surface area contributed by atoms with Crippen LogP contribution in [0.5, 0.6) is 0 Å². The van der Waals surface area contributed by atoms with Gasteiger partial charge in [0.25, 0.3) is 0 Å². The van der Waals surface area contributed by atoms with Gasteiger partial charge in [-0.2, -0.15) is 0 Å². The fraction of sp³-hybridized carbons (Fsp3) is 0.900. The number of amides is 1. The first-order valence-corrected chi connectivity index (χ1v) is 5.21. The molecule has 4 nitrogen and oxygen atoms in total. The summed E-state index contributed by atoms with van der Waals surface area (Å²) in [6, 6.07) is 0.136. The van der Waals surface area contributed by atoms with E-state index >= 15 is 0 Å². The molecule has 0 aliphatic carbocycles. The molecule has 1 rings (SSSR count). The van der Waals surface area contributed by atoms with E-state index in [1.807, 2.05) is 18.7 Å². The van der Waals surface area contributed by atoms with E-state index in [2.05, 4.69) is 0 Å². The molecule has 1 amide bonds. The van der Waals surface area contributed by atoms with Crippen LogP contribution >= 0.6 is 0 Å². The molecule has 0 aromatic heterocycles. The minimum atomic E-state index is -0.202. The highest BCUT2D eigenvalue weighted by Gasteiger charge is 2.28. The van der Waals surface area contributed by atoms with E-state index in [4.69, 9.17) is 9.84 Å². The van der Waals surface area contributed by atoms with Gasteiger partial charge in [0.1, 0.15) is 0 Å². The standard InChI is InChI=1S/C10H19NO3/c1-3-4-10(13)11-5-9(6-12)14-7-8(11)2/h8-9,12H,3-7H2,1-2H3. The Kier molecular flexibility index (Phi) is 4.35. The highest BCUT2D eigenvalue weighted by atomic mass is 16.5. The maximum absolute atomic E-state index is 11.7. The van der Waals surface area contributed by atoms with Crippen molar-refractivity contribution >= 4 is 5.91 Å². The van der Waals surface area contributed by atoms with Crippen molar-refractivity contribution in [3.05, 3.63) is 0 Å². The van der Waals surface area contributed by atoms with Crippen LogP contribution in [-0.2, 0) is 9.53 Å². The van der Waals surface area contributed by atoms with Crippen LogP contribution in [0, 0.1) is 0 Å². The fourth-order valence-electron chi connectivity index (χ4n) is 1.63. The van der Waals surface area contributed by atoms with Crippen LogP contribution in [0.3, 0.4) is 0 Å². The van der Waals surface area contributed by atoms with Gasteiger partial charge in [-0.05, 0) is 13.3 Å². The molecule has 1 aliphatic rings. The summed E-state index contributed by atoms with van der Waals surface area (Å²) in [4.78, 5) is 13.5. The van der Waals surface area contributed by atoms with Gasteiger partial charge in [-0.25, -0.2) is 0 Å². The molecule has 82 valence electrons. The summed E-state index contributed by atoms with van der Waals surface area (Å²) in [5.74, 6) is 0.168. The summed E-state index contributed by atoms with van der Waals surface area (Å²) in [5.41, 5.74) is 0. The van der Waals surface area contributed by atoms with Crippen LogP contribution in [0.2, 0.25) is 0 Å². The van der Waals surface area contributed by atoms with Gasteiger partial charge in [0.05, 0.1) is 25.4 Å². The Morgan fingerprint density at radius 1 is 1.64 bits per heavy atom. The predicted octanol–water partition coefficient (Wildman–Crippen LogP) is 0.395. The van der Waals surface area contributed by atoms with Crippen molar-refractivity contribution in [1.29, 1.82) is 0 Å². The number of ether oxygens (including phenoxy) is 1. The Morgan fingerprint density at radius 3 is 2.93 bits per heavy atom. The van der Waals surface area contributed by atoms with E-state index in [0.717, 1.165) is 6.42 Å². The molecule has 0 bridgehead atoms. The molecule has 1 N–H and O–H groups in total. The van der Waals surface area contributed by atoms with E-state index in [1.165, 1.54) is 0 Å². The van der Waals surface area contributed by atoms with Gasteiger partial charge in [0, 0.05) is 13.0 Å². The topological polar surface area (TPSA) is 49.8 Å². The van der Waals surface area contributed by atoms with E-state index < -0.39 is 0 Å². The zero-order valence-electron chi connectivity index (χ0n) is 8.90. The monoisotopic (exact) mass is 201 g/mol. The van der Waals surface area contributed by atoms with Crippen molar-refractivity contribution in [3.63, 3.8) is 0 Å². The number of carbonyl (C=O) groups excluding carboxylic acids is 1. The van der Waals surface area contributed by atoms with Gasteiger partial charge in [-0.15, -0.1) is 0 Å². The number of hydrogen-bond donors (Lipinski definition) is 1. The zero-order valence-corrected chi connectivity index (χ0v) is 8.90. The Morgan fingerprint density at radius 2 is 2.36 bits per heavy atom. The average molecular weight is 201 g/mol. The predicted molar refractivity (Wildman–Crippen MR) is 52.9 cm³/mol. The second kappa shape index (κ2) is 5.32. The lowest BCUT2D eigenvalue weighted by molar-refractivity contribution is -0.146. The van der Waals surface area contributed by atoms with Gasteiger partial charge in [-0.1, -0.05) is 6.92 Å². The van der Waals surface area contributed by atoms with Crippen LogP contribution in [0.15, 0.2) is 0 Å². The summed E-state index contributed by atoms with van der Waals surface area (Å²) in [6.07, 6.45) is 1.25. The summed E-state index contributed by atoms with van der Waals surface area (Å²) >= 11 is 0. The summed E-state index contributed by atoms with van der Waals surface area (Å²) < 4.78 is 5.35. The van der Waals surface area contributed by atoms with Crippen molar-refractivity contribution in [2.75, 3.05) is 19.8 Å². The third-order valence-electron chi connectivity index (χ3n) is 2.49. The molecule has 1 saturated heterocycles. The first-order valence-electron chi connectivity index (χ1n) is 5.21. The molecular formula is C10H19NO3. The molecule has 2 atom stereocenters. The molecule has 1 aliphatic heterocycles. The Hall–Kier alpha value is -0.610. The van der Waals surface area contributed by atoms with E-state index in [0.29, 0.717) is 19.6 Å². The number of hydrogen-bond acceptors (Lipinski definition) is 3. The molecule has 0 saturated carbocycles. The molecule has 1 heterocycles. The van der Waals surface area contributed by atoms with Crippen LogP contribution in [0.4, 0.5) is 0 Å². The average Bonchev–Trinajstić information content (AvgIpc) is 2.19. The number of rotatable bonds is 3. The van der Waals surface area contributed by atoms with Gasteiger partial charge in [0.2, 0.25) is 5.91 Å². The molecule has 14 heavy (non-hydrogen) atoms. The van der Waals surface area contributed by atoms with Crippen LogP contribution < -0.4 is 0 Å². The quantitative estimate of drug-likeness (QED) is 0.719. The molecule has 1 fully saturated rings. The number of aliphatic hydroxyl groups excluding tert-OH is 1. The van der Waals surface area contributed by atoms with Crippen molar-refractivity contribution in [2.45, 2.75) is 38.8 Å². The molecule has 0 aromatic carbocycles. The maximum atomic E-state index is 11.7. The Balaban J connectivity index is 2.51. The lowest BCUT2D eigenvalue weighted by Gasteiger charge is -2.37. The first-order chi connectivity index (χ1) is 6.69. The SMILES string of the molecule is CCCC(=O)N1CC(CO)OCC1C. The van der Waals surface area contributed by atoms with E-state index in [9.17, 15) is 4.79 Å². The van der Waals surface area contributed by atoms with Crippen molar-refractivity contribution in [3.8, 4) is 0 Å². The fourth-order valence-corrected chi connectivity index (χ4v) is 1.63. The molecule has 4 heteroatoms. The van der Waals surface area contributed by atoms with Crippen LogP contribution in [0.25, 0.3) is 0 Å². The minimum absolute atomic E-state index is 0.0113. The molecule has 0 aromatic rings. The van der Waals surface area contributed by atoms with Gasteiger partial charge in [0.15, 0.2) is 0 Å². The van der Waals surface area contributed by atoms with Gasteiger partial charge < -0.3 is 14.7 Å². The maximum Gasteiger partial charge on any atom is 0.222 e. The van der Waals surface area contributed by atoms with Crippen molar-refractivity contribution in [1.82, 2.24) is 4.90 Å². The lowest BCUT2D eigenvalue weighted by atomic mass is 10.1. The Bertz CT molecular complexity index is 196. The Labute approximate surface area is 84.8 Å². The molecule has 0 spiro atoms. The number of aliphatic hydroxyl groups is 1. The third kappa shape index (κ3) is 2.69. The highest BCUT2D eigenvalue weighted by molar-refractivity contribution is 5.76. The second-order valence-corrected chi connectivity index (χ2v) is 3.78. The molecular weight excluding hydrogens is 182 g/mol. The smallest absolute Gasteiger partial charge is 0.222 e. The van der Waals surface area contributed by atoms with Crippen LogP contribution in [0.1, 0.15) is 26.7 Å². The van der Waals surface area contributed by atoms with Crippen LogP contribution in [-0.4, -0.2) is 47.8 Å². The van der Waals surface area contributed by atoms with Gasteiger partial charge in [-0.3, -0.25) is 4.79 Å².